The summed E-state index contributed by atoms with van der Waals surface area (Å²) < 4.78 is 0. The zero-order valence-electron chi connectivity index (χ0n) is 7.39. The lowest BCUT2D eigenvalue weighted by Crippen LogP contribution is -2.23. The summed E-state index contributed by atoms with van der Waals surface area (Å²) in [7, 11) is 0. The second kappa shape index (κ2) is 3.21. The maximum absolute atomic E-state index is 10.8. The van der Waals surface area contributed by atoms with Crippen molar-refractivity contribution in [2.24, 2.45) is 5.41 Å². The van der Waals surface area contributed by atoms with E-state index in [0.717, 1.165) is 32.0 Å². The van der Waals surface area contributed by atoms with E-state index in [1.807, 2.05) is 0 Å². The molecule has 0 aromatic heterocycles. The third-order valence-corrected chi connectivity index (χ3v) is 2.83. The molecule has 1 rings (SSSR count). The maximum atomic E-state index is 10.8. The molecule has 0 radical (unpaired) electrons. The summed E-state index contributed by atoms with van der Waals surface area (Å²) >= 11 is 0. The van der Waals surface area contributed by atoms with Gasteiger partial charge in [-0.2, -0.15) is 0 Å². The summed E-state index contributed by atoms with van der Waals surface area (Å²) in [5, 5.41) is 0. The zero-order valence-corrected chi connectivity index (χ0v) is 7.39. The van der Waals surface area contributed by atoms with Gasteiger partial charge < -0.3 is 4.79 Å². The largest absolute Gasteiger partial charge is 0.303 e. The molecule has 1 nitrogen and oxygen atoms in total. The van der Waals surface area contributed by atoms with Crippen molar-refractivity contribution < 1.29 is 4.79 Å². The molecule has 62 valence electrons. The van der Waals surface area contributed by atoms with Crippen LogP contribution in [-0.4, -0.2) is 6.29 Å². The van der Waals surface area contributed by atoms with Gasteiger partial charge in [-0.15, -0.1) is 0 Å². The van der Waals surface area contributed by atoms with E-state index in [1.54, 1.807) is 0 Å². The van der Waals surface area contributed by atoms with E-state index in [4.69, 9.17) is 0 Å². The minimum absolute atomic E-state index is 0.0144. The summed E-state index contributed by atoms with van der Waals surface area (Å²) in [5.41, 5.74) is 1.43. The number of hydrogen-bond donors (Lipinski definition) is 0. The van der Waals surface area contributed by atoms with Crippen LogP contribution in [0.15, 0.2) is 11.6 Å². The van der Waals surface area contributed by atoms with Crippen molar-refractivity contribution in [3.63, 3.8) is 0 Å². The van der Waals surface area contributed by atoms with Crippen molar-refractivity contribution in [1.29, 1.82) is 0 Å². The molecule has 0 heterocycles. The lowest BCUT2D eigenvalue weighted by molar-refractivity contribution is -0.116. The summed E-state index contributed by atoms with van der Waals surface area (Å²) in [6.45, 7) is 4.24. The van der Waals surface area contributed by atoms with Gasteiger partial charge in [0.25, 0.3) is 0 Å². The molecule has 1 aliphatic rings. The Morgan fingerprint density at radius 1 is 1.73 bits per heavy atom. The second-order valence-electron chi connectivity index (χ2n) is 3.59. The molecular weight excluding hydrogens is 136 g/mol. The van der Waals surface area contributed by atoms with Crippen molar-refractivity contribution in [3.8, 4) is 0 Å². The van der Waals surface area contributed by atoms with Crippen molar-refractivity contribution >= 4 is 6.29 Å². The van der Waals surface area contributed by atoms with Gasteiger partial charge in [-0.25, -0.2) is 0 Å². The van der Waals surface area contributed by atoms with Crippen LogP contribution in [0.25, 0.3) is 0 Å². The lowest BCUT2D eigenvalue weighted by Gasteiger charge is -2.29. The van der Waals surface area contributed by atoms with Crippen LogP contribution < -0.4 is 0 Å². The highest BCUT2D eigenvalue weighted by Crippen LogP contribution is 2.35. The van der Waals surface area contributed by atoms with E-state index >= 15 is 0 Å². The highest BCUT2D eigenvalue weighted by molar-refractivity contribution is 5.60. The molecule has 0 aliphatic heterocycles. The van der Waals surface area contributed by atoms with Crippen LogP contribution in [0.4, 0.5) is 0 Å². The minimum Gasteiger partial charge on any atom is -0.303 e. The van der Waals surface area contributed by atoms with Crippen LogP contribution in [0.1, 0.15) is 39.5 Å². The van der Waals surface area contributed by atoms with Crippen molar-refractivity contribution in [2.75, 3.05) is 0 Å². The molecule has 1 atom stereocenters. The van der Waals surface area contributed by atoms with Crippen LogP contribution in [0.5, 0.6) is 0 Å². The van der Waals surface area contributed by atoms with Gasteiger partial charge in [-0.3, -0.25) is 0 Å². The molecule has 0 N–H and O–H groups in total. The standard InChI is InChI=1S/C10H16O/c1-3-10(8-11)6-4-9(2)5-7-10/h4,8H,3,5-7H2,1-2H3. The molecule has 0 aromatic rings. The summed E-state index contributed by atoms with van der Waals surface area (Å²) in [5.74, 6) is 0. The molecule has 0 bridgehead atoms. The monoisotopic (exact) mass is 152 g/mol. The number of hydrogen-bond acceptors (Lipinski definition) is 1. The molecule has 0 spiro atoms. The molecule has 0 fully saturated rings. The lowest BCUT2D eigenvalue weighted by atomic mass is 9.74. The smallest absolute Gasteiger partial charge is 0.126 e. The number of aldehydes is 1. The Kier molecular flexibility index (Phi) is 2.48. The van der Waals surface area contributed by atoms with E-state index in [-0.39, 0.29) is 5.41 Å². The Labute approximate surface area is 68.5 Å². The third-order valence-electron chi connectivity index (χ3n) is 2.83. The fourth-order valence-corrected chi connectivity index (χ4v) is 1.54. The Morgan fingerprint density at radius 3 is 2.82 bits per heavy atom. The van der Waals surface area contributed by atoms with Gasteiger partial charge in [0.1, 0.15) is 6.29 Å². The molecule has 0 saturated carbocycles. The number of carbonyl (C=O) groups is 1. The zero-order chi connectivity index (χ0) is 8.32. The van der Waals surface area contributed by atoms with Crippen molar-refractivity contribution in [1.82, 2.24) is 0 Å². The quantitative estimate of drug-likeness (QED) is 0.439. The fraction of sp³-hybridized carbons (Fsp3) is 0.700. The Hall–Kier alpha value is -0.590. The first-order chi connectivity index (χ1) is 5.22. The van der Waals surface area contributed by atoms with Crippen molar-refractivity contribution in [3.05, 3.63) is 11.6 Å². The molecular formula is C10H16O. The molecule has 0 amide bonds. The first kappa shape index (κ1) is 8.51. The highest BCUT2D eigenvalue weighted by atomic mass is 16.1. The molecule has 0 aromatic carbocycles. The Balaban J connectivity index is 2.68. The number of carbonyl (C=O) groups excluding carboxylic acids is 1. The summed E-state index contributed by atoms with van der Waals surface area (Å²) in [6, 6.07) is 0. The topological polar surface area (TPSA) is 17.1 Å². The van der Waals surface area contributed by atoms with E-state index in [1.165, 1.54) is 5.57 Å². The molecule has 1 unspecified atom stereocenters. The van der Waals surface area contributed by atoms with Crippen LogP contribution in [-0.2, 0) is 4.79 Å². The molecule has 1 heteroatoms. The molecule has 11 heavy (non-hydrogen) atoms. The first-order valence-electron chi connectivity index (χ1n) is 4.34. The average Bonchev–Trinajstić information content (AvgIpc) is 2.07. The first-order valence-corrected chi connectivity index (χ1v) is 4.34. The van der Waals surface area contributed by atoms with Gasteiger partial charge in [-0.05, 0) is 32.6 Å². The summed E-state index contributed by atoms with van der Waals surface area (Å²) in [4.78, 5) is 10.8. The van der Waals surface area contributed by atoms with E-state index in [9.17, 15) is 4.79 Å². The fourth-order valence-electron chi connectivity index (χ4n) is 1.54. The molecule has 1 aliphatic carbocycles. The highest BCUT2D eigenvalue weighted by Gasteiger charge is 2.28. The predicted octanol–water partition coefficient (Wildman–Crippen LogP) is 2.71. The van der Waals surface area contributed by atoms with E-state index in [2.05, 4.69) is 19.9 Å². The van der Waals surface area contributed by atoms with Gasteiger partial charge >= 0.3 is 0 Å². The van der Waals surface area contributed by atoms with Gasteiger partial charge in [0, 0.05) is 5.41 Å². The van der Waals surface area contributed by atoms with Crippen LogP contribution in [0.3, 0.4) is 0 Å². The van der Waals surface area contributed by atoms with Gasteiger partial charge in [0.2, 0.25) is 0 Å². The minimum atomic E-state index is -0.0144. The van der Waals surface area contributed by atoms with Gasteiger partial charge in [0.15, 0.2) is 0 Å². The third kappa shape index (κ3) is 1.70. The normalized spacial score (nSPS) is 31.3. The number of rotatable bonds is 2. The Bertz CT molecular complexity index is 181. The average molecular weight is 152 g/mol. The second-order valence-corrected chi connectivity index (χ2v) is 3.59. The van der Waals surface area contributed by atoms with E-state index < -0.39 is 0 Å². The summed E-state index contributed by atoms with van der Waals surface area (Å²) in [6.07, 6.45) is 7.46. The predicted molar refractivity (Wildman–Crippen MR) is 46.4 cm³/mol. The van der Waals surface area contributed by atoms with Crippen LogP contribution >= 0.6 is 0 Å². The van der Waals surface area contributed by atoms with Crippen molar-refractivity contribution in [2.45, 2.75) is 39.5 Å². The van der Waals surface area contributed by atoms with Crippen LogP contribution in [0.2, 0.25) is 0 Å². The van der Waals surface area contributed by atoms with Crippen LogP contribution in [0, 0.1) is 5.41 Å². The number of allylic oxidation sites excluding steroid dienone is 2. The molecule has 0 saturated heterocycles. The maximum Gasteiger partial charge on any atom is 0.126 e. The van der Waals surface area contributed by atoms with Gasteiger partial charge in [-0.1, -0.05) is 18.6 Å². The SMILES string of the molecule is CCC1(C=O)CC=C(C)CC1. The van der Waals surface area contributed by atoms with Gasteiger partial charge in [0.05, 0.1) is 0 Å². The Morgan fingerprint density at radius 2 is 2.45 bits per heavy atom. The van der Waals surface area contributed by atoms with E-state index in [0.29, 0.717) is 0 Å².